The Morgan fingerprint density at radius 2 is 1.62 bits per heavy atom. The molecule has 1 saturated heterocycles. The van der Waals surface area contributed by atoms with Gasteiger partial charge in [-0.2, -0.15) is 0 Å². The van der Waals surface area contributed by atoms with Crippen molar-refractivity contribution in [1.29, 1.82) is 0 Å². The van der Waals surface area contributed by atoms with Crippen molar-refractivity contribution in [2.24, 2.45) is 5.73 Å². The second-order valence-electron chi connectivity index (χ2n) is 9.25. The Kier molecular flexibility index (Phi) is 18.6. The molecule has 236 valence electrons. The molecule has 7 N–H and O–H groups in total. The number of primary amides is 1. The van der Waals surface area contributed by atoms with Gasteiger partial charge in [0.15, 0.2) is 0 Å². The molecule has 14 nitrogen and oxygen atoms in total. The number of nitrogens with two attached hydrogens (primary N) is 1. The summed E-state index contributed by atoms with van der Waals surface area (Å²) in [5, 5.41) is 32.1. The highest BCUT2D eigenvalue weighted by Crippen LogP contribution is 2.21. The minimum Gasteiger partial charge on any atom is -0.394 e. The summed E-state index contributed by atoms with van der Waals surface area (Å²) < 4.78 is 15.8. The number of carbonyl (C=O) groups excluding carboxylic acids is 4. The Bertz CT molecular complexity index is 967. The van der Waals surface area contributed by atoms with Crippen LogP contribution in [0.4, 0.5) is 16.2 Å². The molecule has 2 aliphatic rings. The second kappa shape index (κ2) is 21.3. The lowest BCUT2D eigenvalue weighted by molar-refractivity contribution is -0.147. The molecular weight excluding hydrogens is 552 g/mol. The third-order valence-corrected chi connectivity index (χ3v) is 5.69. The molecule has 0 spiro atoms. The number of imide groups is 1. The maximum Gasteiger partial charge on any atom is 0.319 e. The van der Waals surface area contributed by atoms with E-state index in [2.05, 4.69) is 23.3 Å². The highest BCUT2D eigenvalue weighted by molar-refractivity contribution is 6.28. The molecule has 3 unspecified atom stereocenters. The van der Waals surface area contributed by atoms with Crippen molar-refractivity contribution >= 4 is 35.1 Å². The number of ether oxygens (including phenoxy) is 3. The predicted molar refractivity (Wildman–Crippen MR) is 155 cm³/mol. The number of aliphatic hydroxyl groups is 3. The van der Waals surface area contributed by atoms with E-state index in [4.69, 9.17) is 29.5 Å². The van der Waals surface area contributed by atoms with Crippen LogP contribution in [-0.4, -0.2) is 104 Å². The first-order valence-corrected chi connectivity index (χ1v) is 13.8. The maximum absolute atomic E-state index is 11.9. The predicted octanol–water partition coefficient (Wildman–Crippen LogP) is 0.442. The zero-order valence-electron chi connectivity index (χ0n) is 24.2. The normalized spacial score (nSPS) is 19.4. The number of nitrogens with zero attached hydrogens (tertiary/aromatic N) is 1. The van der Waals surface area contributed by atoms with Crippen LogP contribution in [0.2, 0.25) is 0 Å². The summed E-state index contributed by atoms with van der Waals surface area (Å²) in [6, 6.07) is 6.09. The Morgan fingerprint density at radius 1 is 1.02 bits per heavy atom. The first kappa shape index (κ1) is 36.6. The molecule has 0 aromatic heterocycles. The Labute approximate surface area is 245 Å². The molecule has 0 radical (unpaired) electrons. The fourth-order valence-electron chi connectivity index (χ4n) is 3.55. The van der Waals surface area contributed by atoms with Crippen molar-refractivity contribution < 1.29 is 48.7 Å². The third-order valence-electron chi connectivity index (χ3n) is 5.69. The molecule has 14 heteroatoms. The lowest BCUT2D eigenvalue weighted by atomic mass is 10.0. The molecule has 1 aromatic carbocycles. The summed E-state index contributed by atoms with van der Waals surface area (Å²) >= 11 is 0. The van der Waals surface area contributed by atoms with Crippen LogP contribution in [0.5, 0.6) is 0 Å². The monoisotopic (exact) mass is 596 g/mol. The molecule has 3 rings (SSSR count). The molecule has 0 saturated carbocycles. The van der Waals surface area contributed by atoms with E-state index in [1.165, 1.54) is 31.9 Å². The highest BCUT2D eigenvalue weighted by atomic mass is 16.5. The van der Waals surface area contributed by atoms with E-state index < -0.39 is 18.3 Å². The molecule has 1 fully saturated rings. The zero-order chi connectivity index (χ0) is 31.3. The van der Waals surface area contributed by atoms with E-state index in [1.807, 2.05) is 0 Å². The lowest BCUT2D eigenvalue weighted by Gasteiger charge is -2.30. The summed E-state index contributed by atoms with van der Waals surface area (Å²) in [6.45, 7) is 6.21. The summed E-state index contributed by atoms with van der Waals surface area (Å²) in [4.78, 5) is 45.4. The van der Waals surface area contributed by atoms with Crippen molar-refractivity contribution in [2.75, 3.05) is 56.4 Å². The minimum absolute atomic E-state index is 0.238. The molecule has 3 atom stereocenters. The fourth-order valence-corrected chi connectivity index (χ4v) is 3.55. The van der Waals surface area contributed by atoms with Gasteiger partial charge in [-0.25, -0.2) is 9.69 Å². The Hall–Kier alpha value is -3.40. The number of aliphatic hydroxyl groups excluding tert-OH is 3. The first-order chi connectivity index (χ1) is 20.1. The standard InChI is InChI=1S/C20H27N3O5.C6H12O4.C2H5NO/c1-2-3-4-12-27-14-15-28-13-11-21-20(26)22-16-5-7-17(8-6-16)23-18(24)9-10-19(23)25;7-3-5-6(9)4(8)1-2-10-5;1-2(3)4/h5-10H,2-4,11-15H2,1H3,(H2,21,22,26);4-9H,1-3H2;1H3,(H2,3,4). The number of urea groups is 1. The van der Waals surface area contributed by atoms with Gasteiger partial charge in [-0.05, 0) is 37.1 Å². The number of hydrogen-bond acceptors (Lipinski definition) is 10. The molecule has 0 aliphatic carbocycles. The quantitative estimate of drug-likeness (QED) is 0.137. The smallest absolute Gasteiger partial charge is 0.319 e. The molecule has 42 heavy (non-hydrogen) atoms. The van der Waals surface area contributed by atoms with E-state index in [9.17, 15) is 19.2 Å². The summed E-state index contributed by atoms with van der Waals surface area (Å²) in [5.41, 5.74) is 5.48. The van der Waals surface area contributed by atoms with Gasteiger partial charge < -0.3 is 45.9 Å². The summed E-state index contributed by atoms with van der Waals surface area (Å²) in [6.07, 6.45) is 4.03. The zero-order valence-corrected chi connectivity index (χ0v) is 24.2. The first-order valence-electron chi connectivity index (χ1n) is 13.8. The van der Waals surface area contributed by atoms with Gasteiger partial charge in [0.1, 0.15) is 12.2 Å². The van der Waals surface area contributed by atoms with Gasteiger partial charge in [0.05, 0.1) is 38.2 Å². The number of hydrogen-bond donors (Lipinski definition) is 6. The number of carbonyl (C=O) groups is 4. The fraction of sp³-hybridized carbons (Fsp3) is 0.571. The average Bonchev–Trinajstić information content (AvgIpc) is 3.29. The van der Waals surface area contributed by atoms with Crippen molar-refractivity contribution in [1.82, 2.24) is 5.32 Å². The lowest BCUT2D eigenvalue weighted by Crippen LogP contribution is -2.46. The summed E-state index contributed by atoms with van der Waals surface area (Å²) in [5.74, 6) is -1.09. The Morgan fingerprint density at radius 3 is 2.17 bits per heavy atom. The van der Waals surface area contributed by atoms with Crippen LogP contribution in [0.15, 0.2) is 36.4 Å². The number of amides is 5. The molecule has 0 bridgehead atoms. The van der Waals surface area contributed by atoms with Gasteiger partial charge in [-0.1, -0.05) is 19.8 Å². The SMILES string of the molecule is CC(N)=O.CCCCCOCCOCCNC(=O)Nc1ccc(N2C(=O)C=CC2=O)cc1.OCC1OCCC(O)C1O. The topological polar surface area (TPSA) is 210 Å². The van der Waals surface area contributed by atoms with Crippen LogP contribution in [0.3, 0.4) is 0 Å². The number of anilines is 2. The van der Waals surface area contributed by atoms with Crippen molar-refractivity contribution in [2.45, 2.75) is 57.8 Å². The minimum atomic E-state index is -0.932. The molecule has 2 aliphatic heterocycles. The largest absolute Gasteiger partial charge is 0.394 e. The van der Waals surface area contributed by atoms with Gasteiger partial charge >= 0.3 is 6.03 Å². The van der Waals surface area contributed by atoms with Crippen molar-refractivity contribution in [3.63, 3.8) is 0 Å². The average molecular weight is 597 g/mol. The van der Waals surface area contributed by atoms with Crippen LogP contribution < -0.4 is 21.3 Å². The van der Waals surface area contributed by atoms with Gasteiger partial charge in [-0.15, -0.1) is 0 Å². The number of unbranched alkanes of at least 4 members (excludes halogenated alkanes) is 2. The molecule has 1 aromatic rings. The number of benzene rings is 1. The van der Waals surface area contributed by atoms with Crippen molar-refractivity contribution in [3.8, 4) is 0 Å². The highest BCUT2D eigenvalue weighted by Gasteiger charge is 2.30. The van der Waals surface area contributed by atoms with Gasteiger partial charge in [-0.3, -0.25) is 14.4 Å². The number of rotatable bonds is 13. The van der Waals surface area contributed by atoms with Crippen LogP contribution in [0.25, 0.3) is 0 Å². The summed E-state index contributed by atoms with van der Waals surface area (Å²) in [7, 11) is 0. The van der Waals surface area contributed by atoms with E-state index in [1.54, 1.807) is 24.3 Å². The second-order valence-corrected chi connectivity index (χ2v) is 9.25. The molecular formula is C28H44N4O10. The molecule has 2 heterocycles. The molecule has 5 amide bonds. The number of nitrogens with one attached hydrogen (secondary N) is 2. The van der Waals surface area contributed by atoms with Gasteiger partial charge in [0, 0.05) is 44.5 Å². The van der Waals surface area contributed by atoms with Gasteiger partial charge in [0.2, 0.25) is 5.91 Å². The van der Waals surface area contributed by atoms with Crippen LogP contribution in [-0.2, 0) is 28.6 Å². The van der Waals surface area contributed by atoms with E-state index in [0.717, 1.165) is 17.9 Å². The van der Waals surface area contributed by atoms with Gasteiger partial charge in [0.25, 0.3) is 11.8 Å². The van der Waals surface area contributed by atoms with E-state index >= 15 is 0 Å². The van der Waals surface area contributed by atoms with Crippen molar-refractivity contribution in [3.05, 3.63) is 36.4 Å². The Balaban J connectivity index is 0.000000517. The van der Waals surface area contributed by atoms with Crippen LogP contribution in [0.1, 0.15) is 39.5 Å². The van der Waals surface area contributed by atoms with E-state index in [-0.39, 0.29) is 30.4 Å². The van der Waals surface area contributed by atoms with Crippen LogP contribution >= 0.6 is 0 Å². The van der Waals surface area contributed by atoms with E-state index in [0.29, 0.717) is 50.8 Å². The maximum atomic E-state index is 11.9. The van der Waals surface area contributed by atoms with Crippen LogP contribution in [0, 0.1) is 0 Å². The third kappa shape index (κ3) is 15.0.